The van der Waals surface area contributed by atoms with Crippen LogP contribution >= 0.6 is 0 Å². The molecule has 1 aliphatic carbocycles. The number of rotatable bonds is 4. The molecule has 3 rings (SSSR count). The Morgan fingerprint density at radius 1 is 1.21 bits per heavy atom. The van der Waals surface area contributed by atoms with Crippen molar-refractivity contribution in [3.63, 3.8) is 0 Å². The van der Waals surface area contributed by atoms with Crippen LogP contribution in [0.5, 0.6) is 0 Å². The molecule has 0 bridgehead atoms. The monoisotopic (exact) mass is 255 g/mol. The van der Waals surface area contributed by atoms with Crippen LogP contribution in [-0.4, -0.2) is 17.1 Å². The van der Waals surface area contributed by atoms with E-state index in [0.717, 1.165) is 17.2 Å². The molecule has 0 radical (unpaired) electrons. The fourth-order valence-corrected chi connectivity index (χ4v) is 2.19. The third kappa shape index (κ3) is 2.74. The first kappa shape index (κ1) is 12.1. The fraction of sp³-hybridized carbons (Fsp3) is 0.333. The summed E-state index contributed by atoms with van der Waals surface area (Å²) in [4.78, 5) is 8.76. The van der Waals surface area contributed by atoms with Gasteiger partial charge in [-0.05, 0) is 24.3 Å². The SMILES string of the molecule is COCc1cc(N)nc(-c2ccc(C3CC3)cc2)n1. The molecule has 0 saturated heterocycles. The highest BCUT2D eigenvalue weighted by Crippen LogP contribution is 2.40. The van der Waals surface area contributed by atoms with Crippen molar-refractivity contribution >= 4 is 5.82 Å². The normalized spacial score (nSPS) is 14.6. The maximum atomic E-state index is 5.81. The minimum Gasteiger partial charge on any atom is -0.384 e. The molecule has 2 aromatic rings. The molecule has 0 spiro atoms. The predicted octanol–water partition coefficient (Wildman–Crippen LogP) is 2.75. The highest BCUT2D eigenvalue weighted by Gasteiger charge is 2.23. The summed E-state index contributed by atoms with van der Waals surface area (Å²) < 4.78 is 5.09. The molecule has 1 aromatic carbocycles. The van der Waals surface area contributed by atoms with E-state index in [1.165, 1.54) is 18.4 Å². The molecule has 1 heterocycles. The van der Waals surface area contributed by atoms with Crippen molar-refractivity contribution in [2.75, 3.05) is 12.8 Å². The van der Waals surface area contributed by atoms with Gasteiger partial charge >= 0.3 is 0 Å². The first-order valence-electron chi connectivity index (χ1n) is 6.49. The van der Waals surface area contributed by atoms with E-state index in [2.05, 4.69) is 34.2 Å². The molecule has 0 unspecified atom stereocenters. The lowest BCUT2D eigenvalue weighted by Crippen LogP contribution is -2.01. The fourth-order valence-electron chi connectivity index (χ4n) is 2.19. The number of aromatic nitrogens is 2. The number of nitrogens with zero attached hydrogens (tertiary/aromatic N) is 2. The van der Waals surface area contributed by atoms with Gasteiger partial charge in [0, 0.05) is 18.7 Å². The van der Waals surface area contributed by atoms with E-state index < -0.39 is 0 Å². The van der Waals surface area contributed by atoms with Crippen molar-refractivity contribution in [3.8, 4) is 11.4 Å². The lowest BCUT2D eigenvalue weighted by molar-refractivity contribution is 0.181. The number of ether oxygens (including phenoxy) is 1. The zero-order chi connectivity index (χ0) is 13.2. The molecule has 1 aliphatic rings. The lowest BCUT2D eigenvalue weighted by Gasteiger charge is -2.06. The lowest BCUT2D eigenvalue weighted by atomic mass is 10.1. The largest absolute Gasteiger partial charge is 0.384 e. The van der Waals surface area contributed by atoms with Crippen molar-refractivity contribution < 1.29 is 4.74 Å². The molecule has 0 amide bonds. The summed E-state index contributed by atoms with van der Waals surface area (Å²) >= 11 is 0. The molecule has 98 valence electrons. The summed E-state index contributed by atoms with van der Waals surface area (Å²) in [5.74, 6) is 1.90. The molecule has 1 fully saturated rings. The van der Waals surface area contributed by atoms with Crippen molar-refractivity contribution in [3.05, 3.63) is 41.6 Å². The molecule has 2 N–H and O–H groups in total. The third-order valence-corrected chi connectivity index (χ3v) is 3.31. The second-order valence-corrected chi connectivity index (χ2v) is 4.94. The van der Waals surface area contributed by atoms with Crippen molar-refractivity contribution in [1.29, 1.82) is 0 Å². The van der Waals surface area contributed by atoms with Crippen LogP contribution in [0.2, 0.25) is 0 Å². The summed E-state index contributed by atoms with van der Waals surface area (Å²) in [7, 11) is 1.64. The summed E-state index contributed by atoms with van der Waals surface area (Å²) in [6, 6.07) is 10.2. The van der Waals surface area contributed by atoms with E-state index >= 15 is 0 Å². The summed E-state index contributed by atoms with van der Waals surface area (Å²) in [6.45, 7) is 0.444. The summed E-state index contributed by atoms with van der Waals surface area (Å²) in [5.41, 5.74) is 9.01. The van der Waals surface area contributed by atoms with Crippen LogP contribution in [0.4, 0.5) is 5.82 Å². The van der Waals surface area contributed by atoms with Crippen LogP contribution in [0.15, 0.2) is 30.3 Å². The highest BCUT2D eigenvalue weighted by molar-refractivity contribution is 5.57. The van der Waals surface area contributed by atoms with Gasteiger partial charge in [-0.3, -0.25) is 0 Å². The van der Waals surface area contributed by atoms with Gasteiger partial charge in [0.2, 0.25) is 0 Å². The topological polar surface area (TPSA) is 61.0 Å². The Morgan fingerprint density at radius 2 is 1.95 bits per heavy atom. The zero-order valence-corrected chi connectivity index (χ0v) is 11.0. The summed E-state index contributed by atoms with van der Waals surface area (Å²) in [5, 5.41) is 0. The molecule has 19 heavy (non-hydrogen) atoms. The Hall–Kier alpha value is -1.94. The first-order chi connectivity index (χ1) is 9.26. The molecular formula is C15H17N3O. The third-order valence-electron chi connectivity index (χ3n) is 3.31. The predicted molar refractivity (Wildman–Crippen MR) is 74.6 cm³/mol. The van der Waals surface area contributed by atoms with Gasteiger partial charge in [-0.25, -0.2) is 9.97 Å². The maximum absolute atomic E-state index is 5.81. The molecular weight excluding hydrogens is 238 g/mol. The molecule has 4 heteroatoms. The number of anilines is 1. The second-order valence-electron chi connectivity index (χ2n) is 4.94. The van der Waals surface area contributed by atoms with Gasteiger partial charge in [-0.2, -0.15) is 0 Å². The highest BCUT2D eigenvalue weighted by atomic mass is 16.5. The minimum absolute atomic E-state index is 0.444. The van der Waals surface area contributed by atoms with Crippen LogP contribution in [0.3, 0.4) is 0 Å². The molecule has 0 atom stereocenters. The van der Waals surface area contributed by atoms with E-state index in [1.54, 1.807) is 13.2 Å². The number of methoxy groups -OCH3 is 1. The molecule has 1 aromatic heterocycles. The van der Waals surface area contributed by atoms with E-state index in [1.807, 2.05) is 0 Å². The van der Waals surface area contributed by atoms with Crippen LogP contribution < -0.4 is 5.73 Å². The van der Waals surface area contributed by atoms with E-state index in [-0.39, 0.29) is 0 Å². The average molecular weight is 255 g/mol. The Morgan fingerprint density at radius 3 is 2.58 bits per heavy atom. The van der Waals surface area contributed by atoms with Gasteiger partial charge in [-0.15, -0.1) is 0 Å². The number of benzene rings is 1. The number of hydrogen-bond donors (Lipinski definition) is 1. The van der Waals surface area contributed by atoms with Gasteiger partial charge in [0.25, 0.3) is 0 Å². The van der Waals surface area contributed by atoms with Gasteiger partial charge in [0.1, 0.15) is 5.82 Å². The number of hydrogen-bond acceptors (Lipinski definition) is 4. The standard InChI is InChI=1S/C15H17N3O/c1-19-9-13-8-14(16)18-15(17-13)12-6-4-11(5-7-12)10-2-3-10/h4-8,10H,2-3,9H2,1H3,(H2,16,17,18). The van der Waals surface area contributed by atoms with Gasteiger partial charge < -0.3 is 10.5 Å². The van der Waals surface area contributed by atoms with Crippen LogP contribution in [0.25, 0.3) is 11.4 Å². The van der Waals surface area contributed by atoms with Crippen molar-refractivity contribution in [1.82, 2.24) is 9.97 Å². The van der Waals surface area contributed by atoms with E-state index in [4.69, 9.17) is 10.5 Å². The number of nitrogens with two attached hydrogens (primary N) is 1. The molecule has 1 saturated carbocycles. The van der Waals surface area contributed by atoms with E-state index in [0.29, 0.717) is 18.2 Å². The summed E-state index contributed by atoms with van der Waals surface area (Å²) in [6.07, 6.45) is 2.62. The Kier molecular flexibility index (Phi) is 3.17. The zero-order valence-electron chi connectivity index (χ0n) is 11.0. The van der Waals surface area contributed by atoms with Gasteiger partial charge in [0.05, 0.1) is 12.3 Å². The molecule has 4 nitrogen and oxygen atoms in total. The van der Waals surface area contributed by atoms with E-state index in [9.17, 15) is 0 Å². The number of nitrogen functional groups attached to an aromatic ring is 1. The van der Waals surface area contributed by atoms with Crippen LogP contribution in [0, 0.1) is 0 Å². The quantitative estimate of drug-likeness (QED) is 0.912. The smallest absolute Gasteiger partial charge is 0.161 e. The van der Waals surface area contributed by atoms with Gasteiger partial charge in [-0.1, -0.05) is 24.3 Å². The Balaban J connectivity index is 1.91. The first-order valence-corrected chi connectivity index (χ1v) is 6.49. The average Bonchev–Trinajstić information content (AvgIpc) is 3.23. The maximum Gasteiger partial charge on any atom is 0.161 e. The Labute approximate surface area is 112 Å². The molecule has 0 aliphatic heterocycles. The van der Waals surface area contributed by atoms with Crippen LogP contribution in [0.1, 0.15) is 30.0 Å². The van der Waals surface area contributed by atoms with Crippen molar-refractivity contribution in [2.45, 2.75) is 25.4 Å². The second kappa shape index (κ2) is 4.97. The van der Waals surface area contributed by atoms with Crippen LogP contribution in [-0.2, 0) is 11.3 Å². The Bertz CT molecular complexity index is 576. The van der Waals surface area contributed by atoms with Gasteiger partial charge in [0.15, 0.2) is 5.82 Å². The minimum atomic E-state index is 0.444. The van der Waals surface area contributed by atoms with Crippen molar-refractivity contribution in [2.24, 2.45) is 0 Å².